The smallest absolute Gasteiger partial charge is 0.421 e. The molecule has 9 rings (SSSR count). The molecule has 0 bridgehead atoms. The van der Waals surface area contributed by atoms with Gasteiger partial charge in [-0.1, -0.05) is 69.1 Å². The molecule has 2 aromatic carbocycles. The Morgan fingerprint density at radius 3 is 2.21 bits per heavy atom. The maximum absolute atomic E-state index is 13.3. The summed E-state index contributed by atoms with van der Waals surface area (Å²) in [5.74, 6) is 7.70. The number of allylic oxidation sites excluding steroid dienone is 1. The summed E-state index contributed by atoms with van der Waals surface area (Å²) in [6, 6.07) is 22.6. The minimum absolute atomic E-state index is 0.0952. The van der Waals surface area contributed by atoms with Crippen molar-refractivity contribution in [1.82, 2.24) is 49.5 Å². The summed E-state index contributed by atoms with van der Waals surface area (Å²) in [6.45, 7) is 14.3. The number of nitrogens with two attached hydrogens (primary N) is 1. The van der Waals surface area contributed by atoms with Crippen molar-refractivity contribution in [2.45, 2.75) is 93.8 Å². The van der Waals surface area contributed by atoms with Crippen LogP contribution < -0.4 is 26.4 Å². The average Bonchev–Trinajstić information content (AvgIpc) is 3.86. The van der Waals surface area contributed by atoms with Gasteiger partial charge >= 0.3 is 6.18 Å². The quantitative estimate of drug-likeness (QED) is 0.0690. The van der Waals surface area contributed by atoms with Gasteiger partial charge in [0.25, 0.3) is 11.1 Å². The zero-order valence-electron chi connectivity index (χ0n) is 44.0. The highest BCUT2D eigenvalue weighted by atomic mass is 35.5. The zero-order valence-corrected chi connectivity index (χ0v) is 44.8. The molecule has 0 atom stereocenters. The van der Waals surface area contributed by atoms with Crippen molar-refractivity contribution < 1.29 is 22.6 Å². The van der Waals surface area contributed by atoms with Gasteiger partial charge in [0, 0.05) is 87.9 Å². The van der Waals surface area contributed by atoms with Gasteiger partial charge in [-0.15, -0.1) is 0 Å². The number of hydrazine groups is 1. The minimum Gasteiger partial charge on any atom is -0.487 e. The molecule has 398 valence electrons. The highest BCUT2D eigenvalue weighted by molar-refractivity contribution is 6.31. The largest absolute Gasteiger partial charge is 0.487 e. The molecule has 9 aromatic rings. The molecule has 0 aliphatic heterocycles. The Balaban J connectivity index is 0.000000204. The lowest BCUT2D eigenvalue weighted by atomic mass is 10.00. The van der Waals surface area contributed by atoms with Gasteiger partial charge in [-0.3, -0.25) is 24.7 Å². The highest BCUT2D eigenvalue weighted by Gasteiger charge is 2.34. The number of H-pyrrole nitrogens is 1. The van der Waals surface area contributed by atoms with Crippen LogP contribution in [0.3, 0.4) is 0 Å². The van der Waals surface area contributed by atoms with Crippen molar-refractivity contribution in [2.75, 3.05) is 7.05 Å². The van der Waals surface area contributed by atoms with E-state index in [4.69, 9.17) is 36.9 Å². The molecule has 7 aromatic heterocycles. The van der Waals surface area contributed by atoms with E-state index in [0.717, 1.165) is 102 Å². The van der Waals surface area contributed by atoms with Crippen LogP contribution in [0, 0.1) is 33.6 Å². The first-order valence-corrected chi connectivity index (χ1v) is 25.3. The van der Waals surface area contributed by atoms with Crippen LogP contribution in [0.5, 0.6) is 11.5 Å². The second-order valence-corrected chi connectivity index (χ2v) is 19.5. The zero-order chi connectivity index (χ0) is 55.1. The van der Waals surface area contributed by atoms with E-state index in [1.54, 1.807) is 35.7 Å². The molecule has 15 nitrogen and oxygen atoms in total. The molecule has 0 saturated heterocycles. The number of fused-ring (bicyclic) bond motifs is 2. The third-order valence-corrected chi connectivity index (χ3v) is 13.0. The first kappa shape index (κ1) is 55.0. The van der Waals surface area contributed by atoms with Crippen molar-refractivity contribution in [3.05, 3.63) is 203 Å². The molecule has 0 radical (unpaired) electrons. The number of hydrogen-bond acceptors (Lipinski definition) is 12. The number of halogens is 4. The first-order chi connectivity index (χ1) is 36.8. The number of rotatable bonds is 16. The number of aromatic amines is 1. The summed E-state index contributed by atoms with van der Waals surface area (Å²) in [5, 5.41) is 15.7. The lowest BCUT2D eigenvalue weighted by Crippen LogP contribution is -2.29. The predicted molar refractivity (Wildman–Crippen MR) is 293 cm³/mol. The molecule has 7 heterocycles. The topological polar surface area (TPSA) is 185 Å². The Morgan fingerprint density at radius 2 is 1.52 bits per heavy atom. The van der Waals surface area contributed by atoms with E-state index in [1.165, 1.54) is 23.0 Å². The van der Waals surface area contributed by atoms with Crippen LogP contribution in [0.4, 0.5) is 13.2 Å². The number of pyridine rings is 5. The molecule has 77 heavy (non-hydrogen) atoms. The fraction of sp³-hybridized carbons (Fsp3) is 0.276. The number of aryl methyl sites for hydroxylation is 5. The molecule has 3 N–H and O–H groups in total. The highest BCUT2D eigenvalue weighted by Crippen LogP contribution is 2.36. The molecule has 0 aliphatic rings. The van der Waals surface area contributed by atoms with Crippen LogP contribution >= 0.6 is 11.6 Å². The molecule has 0 aliphatic carbocycles. The molecule has 19 heteroatoms. The fourth-order valence-corrected chi connectivity index (χ4v) is 9.24. The van der Waals surface area contributed by atoms with Gasteiger partial charge in [-0.25, -0.2) is 20.5 Å². The summed E-state index contributed by atoms with van der Waals surface area (Å²) in [6.07, 6.45) is 7.27. The van der Waals surface area contributed by atoms with Crippen molar-refractivity contribution >= 4 is 39.1 Å². The van der Waals surface area contributed by atoms with Gasteiger partial charge < -0.3 is 19.0 Å². The van der Waals surface area contributed by atoms with E-state index in [2.05, 4.69) is 52.1 Å². The van der Waals surface area contributed by atoms with E-state index in [1.807, 2.05) is 89.5 Å². The van der Waals surface area contributed by atoms with Crippen molar-refractivity contribution in [3.63, 3.8) is 0 Å². The number of hydrogen-bond donors (Lipinski definition) is 2. The maximum Gasteiger partial charge on any atom is 0.421 e. The molecule has 0 amide bonds. The van der Waals surface area contributed by atoms with Gasteiger partial charge in [-0.05, 0) is 99.7 Å². The van der Waals surface area contributed by atoms with E-state index in [-0.39, 0.29) is 31.9 Å². The van der Waals surface area contributed by atoms with E-state index in [9.17, 15) is 22.8 Å². The van der Waals surface area contributed by atoms with Gasteiger partial charge in [0.05, 0.1) is 47.1 Å². The summed E-state index contributed by atoms with van der Waals surface area (Å²) < 4.78 is 54.9. The lowest BCUT2D eigenvalue weighted by molar-refractivity contribution is -0.138. The van der Waals surface area contributed by atoms with Crippen LogP contribution in [0.25, 0.3) is 38.8 Å². The number of aromatic nitrogens is 9. The van der Waals surface area contributed by atoms with Crippen LogP contribution in [-0.4, -0.2) is 56.5 Å². The number of alkyl halides is 3. The number of nitrogens with zero attached hydrogens (tertiary/aromatic N) is 9. The van der Waals surface area contributed by atoms with E-state index in [0.29, 0.717) is 39.2 Å². The number of ether oxygens (including phenoxy) is 2. The molecular formula is C58H59ClF3N11O4. The Hall–Kier alpha value is -8.22. The maximum atomic E-state index is 13.3. The molecule has 0 spiro atoms. The monoisotopic (exact) mass is 1070 g/mol. The van der Waals surface area contributed by atoms with Crippen molar-refractivity contribution in [2.24, 2.45) is 11.8 Å². The second-order valence-electron chi connectivity index (χ2n) is 19.1. The van der Waals surface area contributed by atoms with Crippen molar-refractivity contribution in [3.8, 4) is 22.8 Å². The van der Waals surface area contributed by atoms with Gasteiger partial charge in [0.2, 0.25) is 0 Å². The SMILES string of the molecule is CCCc1cn[nH]c1-c1cc(C)nc2c(OCc3c(C)ccnc3Cn3cccc(C(F)(F)F)c3=O)cccc12.Cc1cc(/C(=C/C(C)C)N(C)N)c2cccc(OCc3c(Cl)cncc3Cn3nc(C)ccc3=O)c2n1. The fourth-order valence-electron chi connectivity index (χ4n) is 9.01. The van der Waals surface area contributed by atoms with E-state index < -0.39 is 17.3 Å². The third kappa shape index (κ3) is 12.7. The normalized spacial score (nSPS) is 11.8. The predicted octanol–water partition coefficient (Wildman–Crippen LogP) is 11.3. The van der Waals surface area contributed by atoms with E-state index >= 15 is 0 Å². The summed E-state index contributed by atoms with van der Waals surface area (Å²) in [5.41, 5.74) is 9.73. The number of para-hydroxylation sites is 2. The summed E-state index contributed by atoms with van der Waals surface area (Å²) >= 11 is 6.53. The Morgan fingerprint density at radius 1 is 0.831 bits per heavy atom. The first-order valence-electron chi connectivity index (χ1n) is 25.0. The Labute approximate surface area is 448 Å². The molecule has 0 fully saturated rings. The van der Waals surface area contributed by atoms with Crippen LogP contribution in [0.15, 0.2) is 126 Å². The lowest BCUT2D eigenvalue weighted by Gasteiger charge is -2.21. The van der Waals surface area contributed by atoms with Crippen LogP contribution in [0.1, 0.15) is 88.9 Å². The van der Waals surface area contributed by atoms with Crippen LogP contribution in [0.2, 0.25) is 5.02 Å². The second kappa shape index (κ2) is 23.8. The summed E-state index contributed by atoms with van der Waals surface area (Å²) in [4.78, 5) is 43.0. The molecule has 0 saturated carbocycles. The third-order valence-electron chi connectivity index (χ3n) is 12.7. The molecular weight excluding hydrogens is 1010 g/mol. The number of benzene rings is 2. The van der Waals surface area contributed by atoms with Crippen LogP contribution in [-0.2, 0) is 38.9 Å². The van der Waals surface area contributed by atoms with Gasteiger partial charge in [0.1, 0.15) is 41.3 Å². The molecule has 0 unspecified atom stereocenters. The number of nitrogens with one attached hydrogen (secondary N) is 1. The Kier molecular flexibility index (Phi) is 17.0. The standard InChI is InChI=1S/C30H28F3N5O2.C28H31ClN6O2/c1-4-7-20-15-35-37-27(20)22-14-19(3)36-28-21(22)8-5-10-26(28)40-17-23-18(2)11-12-34-25(23)16-38-13-6-9-24(29(38)39)30(31,32)33;1-17(2)11-25(34(5)30)22-12-19(4)32-28-21(22)7-6-8-26(28)37-16-23-20(13-31-14-24(23)29)15-35-27(36)10-9-18(3)33-35/h5-6,8-15H,4,7,16-17H2,1-3H3,(H,35,37);6-14,17H,15-16,30H2,1-5H3/b;25-11-. The van der Waals surface area contributed by atoms with Crippen molar-refractivity contribution in [1.29, 1.82) is 0 Å². The minimum atomic E-state index is -4.74. The Bertz CT molecular complexity index is 3760. The average molecular weight is 1070 g/mol. The van der Waals surface area contributed by atoms with Gasteiger partial charge in [0.15, 0.2) is 0 Å². The van der Waals surface area contributed by atoms with Gasteiger partial charge in [-0.2, -0.15) is 23.4 Å². The summed E-state index contributed by atoms with van der Waals surface area (Å²) in [7, 11) is 1.83.